The molecule has 0 radical (unpaired) electrons. The SMILES string of the molecule is CC(C)(C)NC(=O)CCNc1ncnc(NN)c1Br. The molecule has 19 heavy (non-hydrogen) atoms. The zero-order valence-corrected chi connectivity index (χ0v) is 12.8. The van der Waals surface area contributed by atoms with Gasteiger partial charge in [0.2, 0.25) is 5.91 Å². The van der Waals surface area contributed by atoms with Crippen LogP contribution in [0.25, 0.3) is 0 Å². The molecule has 0 saturated heterocycles. The van der Waals surface area contributed by atoms with E-state index in [0.29, 0.717) is 29.1 Å². The topological polar surface area (TPSA) is 105 Å². The van der Waals surface area contributed by atoms with Gasteiger partial charge in [0.1, 0.15) is 16.6 Å². The van der Waals surface area contributed by atoms with Crippen LogP contribution in [0.5, 0.6) is 0 Å². The summed E-state index contributed by atoms with van der Waals surface area (Å²) in [5, 5.41) is 5.94. The highest BCUT2D eigenvalue weighted by molar-refractivity contribution is 9.10. The molecule has 0 aliphatic rings. The Hall–Kier alpha value is -1.41. The number of anilines is 2. The van der Waals surface area contributed by atoms with Crippen molar-refractivity contribution in [2.24, 2.45) is 5.84 Å². The zero-order valence-electron chi connectivity index (χ0n) is 11.2. The van der Waals surface area contributed by atoms with E-state index in [9.17, 15) is 4.79 Å². The van der Waals surface area contributed by atoms with Crippen LogP contribution in [-0.2, 0) is 4.79 Å². The van der Waals surface area contributed by atoms with E-state index in [0.717, 1.165) is 0 Å². The standard InChI is InChI=1S/C11H19BrN6O/c1-11(2,3)17-7(19)4-5-14-9-8(12)10(18-13)16-6-15-9/h6H,4-5,13H2,1-3H3,(H,17,19)(H2,14,15,16,18). The fraction of sp³-hybridized carbons (Fsp3) is 0.545. The van der Waals surface area contributed by atoms with Crippen molar-refractivity contribution in [2.45, 2.75) is 32.7 Å². The molecule has 7 nitrogen and oxygen atoms in total. The number of carbonyl (C=O) groups excluding carboxylic acids is 1. The van der Waals surface area contributed by atoms with E-state index in [-0.39, 0.29) is 11.4 Å². The smallest absolute Gasteiger partial charge is 0.222 e. The van der Waals surface area contributed by atoms with Crippen molar-refractivity contribution in [3.63, 3.8) is 0 Å². The van der Waals surface area contributed by atoms with E-state index >= 15 is 0 Å². The molecule has 5 N–H and O–H groups in total. The van der Waals surface area contributed by atoms with Crippen molar-refractivity contribution < 1.29 is 4.79 Å². The molecule has 8 heteroatoms. The van der Waals surface area contributed by atoms with Gasteiger partial charge in [-0.15, -0.1) is 0 Å². The number of nitrogens with zero attached hydrogens (tertiary/aromatic N) is 2. The molecule has 1 aromatic rings. The Morgan fingerprint density at radius 3 is 2.58 bits per heavy atom. The van der Waals surface area contributed by atoms with Crippen molar-refractivity contribution in [2.75, 3.05) is 17.3 Å². The van der Waals surface area contributed by atoms with Crippen LogP contribution in [0.15, 0.2) is 10.8 Å². The second kappa shape index (κ2) is 6.67. The van der Waals surface area contributed by atoms with Crippen LogP contribution in [0.1, 0.15) is 27.2 Å². The Bertz CT molecular complexity index is 445. The minimum atomic E-state index is -0.219. The Balaban J connectivity index is 2.48. The van der Waals surface area contributed by atoms with E-state index < -0.39 is 0 Å². The monoisotopic (exact) mass is 330 g/mol. The number of rotatable bonds is 5. The molecule has 1 amide bonds. The molecule has 0 spiro atoms. The van der Waals surface area contributed by atoms with E-state index in [1.807, 2.05) is 20.8 Å². The Morgan fingerprint density at radius 2 is 2.00 bits per heavy atom. The first-order valence-corrected chi connectivity index (χ1v) is 6.65. The van der Waals surface area contributed by atoms with Gasteiger partial charge in [-0.2, -0.15) is 0 Å². The van der Waals surface area contributed by atoms with Crippen molar-refractivity contribution in [1.29, 1.82) is 0 Å². The maximum absolute atomic E-state index is 11.6. The summed E-state index contributed by atoms with van der Waals surface area (Å²) < 4.78 is 0.633. The van der Waals surface area contributed by atoms with Crippen LogP contribution < -0.4 is 21.9 Å². The predicted octanol–water partition coefficient (Wildman–Crippen LogP) is 1.24. The number of hydrogen-bond acceptors (Lipinski definition) is 6. The molecule has 1 rings (SSSR count). The van der Waals surface area contributed by atoms with E-state index in [2.05, 4.69) is 42.0 Å². The van der Waals surface area contributed by atoms with Crippen LogP contribution in [0, 0.1) is 0 Å². The van der Waals surface area contributed by atoms with Crippen molar-refractivity contribution >= 4 is 33.5 Å². The number of nitrogen functional groups attached to an aromatic ring is 1. The lowest BCUT2D eigenvalue weighted by molar-refractivity contribution is -0.122. The predicted molar refractivity (Wildman–Crippen MR) is 78.5 cm³/mol. The first-order valence-electron chi connectivity index (χ1n) is 5.85. The van der Waals surface area contributed by atoms with Gasteiger partial charge >= 0.3 is 0 Å². The lowest BCUT2D eigenvalue weighted by atomic mass is 10.1. The summed E-state index contributed by atoms with van der Waals surface area (Å²) in [5.74, 6) is 6.36. The lowest BCUT2D eigenvalue weighted by Gasteiger charge is -2.20. The van der Waals surface area contributed by atoms with Crippen LogP contribution in [0.3, 0.4) is 0 Å². The van der Waals surface area contributed by atoms with Crippen LogP contribution >= 0.6 is 15.9 Å². The summed E-state index contributed by atoms with van der Waals surface area (Å²) in [5.41, 5.74) is 2.23. The maximum atomic E-state index is 11.6. The van der Waals surface area contributed by atoms with E-state index in [1.54, 1.807) is 0 Å². The summed E-state index contributed by atoms with van der Waals surface area (Å²) in [7, 11) is 0. The van der Waals surface area contributed by atoms with Gasteiger partial charge in [0, 0.05) is 18.5 Å². The normalized spacial score (nSPS) is 11.0. The van der Waals surface area contributed by atoms with Crippen molar-refractivity contribution in [1.82, 2.24) is 15.3 Å². The molecular weight excluding hydrogens is 312 g/mol. The number of hydrogen-bond donors (Lipinski definition) is 4. The molecule has 1 heterocycles. The Kier molecular flexibility index (Phi) is 5.49. The molecule has 0 bridgehead atoms. The first-order chi connectivity index (χ1) is 8.83. The number of nitrogens with one attached hydrogen (secondary N) is 3. The van der Waals surface area contributed by atoms with Gasteiger partial charge < -0.3 is 16.1 Å². The van der Waals surface area contributed by atoms with Gasteiger partial charge in [-0.25, -0.2) is 15.8 Å². The van der Waals surface area contributed by atoms with Gasteiger partial charge in [-0.3, -0.25) is 4.79 Å². The minimum absolute atomic E-state index is 0.0117. The highest BCUT2D eigenvalue weighted by Crippen LogP contribution is 2.25. The summed E-state index contributed by atoms with van der Waals surface area (Å²) in [6, 6.07) is 0. The van der Waals surface area contributed by atoms with Gasteiger partial charge in [-0.1, -0.05) is 0 Å². The Morgan fingerprint density at radius 1 is 1.37 bits per heavy atom. The van der Waals surface area contributed by atoms with Crippen LogP contribution in [0.4, 0.5) is 11.6 Å². The molecule has 0 aliphatic heterocycles. The fourth-order valence-corrected chi connectivity index (χ4v) is 1.83. The Labute approximate surface area is 120 Å². The summed E-state index contributed by atoms with van der Waals surface area (Å²) in [4.78, 5) is 19.6. The lowest BCUT2D eigenvalue weighted by Crippen LogP contribution is -2.41. The second-order valence-corrected chi connectivity index (χ2v) is 5.80. The zero-order chi connectivity index (χ0) is 14.5. The average Bonchev–Trinajstić information content (AvgIpc) is 2.29. The molecule has 106 valence electrons. The molecule has 1 aromatic heterocycles. The van der Waals surface area contributed by atoms with Gasteiger partial charge in [0.25, 0.3) is 0 Å². The van der Waals surface area contributed by atoms with E-state index in [4.69, 9.17) is 5.84 Å². The number of nitrogens with two attached hydrogens (primary N) is 1. The molecule has 0 aliphatic carbocycles. The quantitative estimate of drug-likeness (QED) is 0.478. The highest BCUT2D eigenvalue weighted by atomic mass is 79.9. The molecule has 0 saturated carbocycles. The molecule has 0 atom stereocenters. The van der Waals surface area contributed by atoms with E-state index in [1.165, 1.54) is 6.33 Å². The average molecular weight is 331 g/mol. The molecule has 0 unspecified atom stereocenters. The summed E-state index contributed by atoms with van der Waals surface area (Å²) >= 11 is 3.33. The van der Waals surface area contributed by atoms with Gasteiger partial charge in [-0.05, 0) is 36.7 Å². The van der Waals surface area contributed by atoms with Crippen LogP contribution in [-0.4, -0.2) is 28.0 Å². The second-order valence-electron chi connectivity index (χ2n) is 5.00. The number of hydrazine groups is 1. The third kappa shape index (κ3) is 5.39. The number of carbonyl (C=O) groups is 1. The third-order valence-corrected chi connectivity index (χ3v) is 2.84. The summed E-state index contributed by atoms with van der Waals surface area (Å²) in [6.07, 6.45) is 1.75. The minimum Gasteiger partial charge on any atom is -0.368 e. The highest BCUT2D eigenvalue weighted by Gasteiger charge is 2.13. The molecule has 0 fully saturated rings. The van der Waals surface area contributed by atoms with Crippen molar-refractivity contribution in [3.8, 4) is 0 Å². The van der Waals surface area contributed by atoms with Crippen molar-refractivity contribution in [3.05, 3.63) is 10.8 Å². The molecule has 0 aromatic carbocycles. The van der Waals surface area contributed by atoms with Gasteiger partial charge in [0.05, 0.1) is 0 Å². The first kappa shape index (κ1) is 15.6. The van der Waals surface area contributed by atoms with Crippen LogP contribution in [0.2, 0.25) is 0 Å². The number of aromatic nitrogens is 2. The molecular formula is C11H19BrN6O. The largest absolute Gasteiger partial charge is 0.368 e. The number of halogens is 1. The summed E-state index contributed by atoms with van der Waals surface area (Å²) in [6.45, 7) is 6.30. The fourth-order valence-electron chi connectivity index (χ4n) is 1.37. The third-order valence-electron chi connectivity index (χ3n) is 2.09. The van der Waals surface area contributed by atoms with Gasteiger partial charge in [0.15, 0.2) is 5.82 Å². The maximum Gasteiger partial charge on any atom is 0.222 e. The number of amides is 1.